The Morgan fingerprint density at radius 1 is 1.21 bits per heavy atom. The van der Waals surface area contributed by atoms with Gasteiger partial charge in [0, 0.05) is 23.5 Å². The molecule has 5 nitrogen and oxygen atoms in total. The van der Waals surface area contributed by atoms with E-state index in [4.69, 9.17) is 10.00 Å². The van der Waals surface area contributed by atoms with Crippen LogP contribution in [0.1, 0.15) is 51.0 Å². The molecule has 0 saturated carbocycles. The normalized spacial score (nSPS) is 10.2. The Labute approximate surface area is 141 Å². The minimum Gasteiger partial charge on any atom is -0.454 e. The predicted octanol–water partition coefficient (Wildman–Crippen LogP) is 3.43. The second-order valence-electron chi connectivity index (χ2n) is 5.62. The van der Waals surface area contributed by atoms with Gasteiger partial charge in [0.2, 0.25) is 5.78 Å². The van der Waals surface area contributed by atoms with Gasteiger partial charge < -0.3 is 9.30 Å². The van der Waals surface area contributed by atoms with Gasteiger partial charge in [-0.2, -0.15) is 5.26 Å². The highest BCUT2D eigenvalue weighted by atomic mass is 16.5. The molecule has 0 unspecified atom stereocenters. The van der Waals surface area contributed by atoms with Crippen LogP contribution in [-0.4, -0.2) is 22.9 Å². The molecule has 0 bridgehead atoms. The Bertz CT molecular complexity index is 795. The molecule has 24 heavy (non-hydrogen) atoms. The second kappa shape index (κ2) is 7.60. The highest BCUT2D eigenvalue weighted by molar-refractivity contribution is 6.00. The Morgan fingerprint density at radius 3 is 2.46 bits per heavy atom. The average molecular weight is 324 g/mol. The molecule has 1 aromatic carbocycles. The summed E-state index contributed by atoms with van der Waals surface area (Å²) in [4.78, 5) is 24.3. The first-order valence-corrected chi connectivity index (χ1v) is 7.85. The van der Waals surface area contributed by atoms with Crippen LogP contribution < -0.4 is 0 Å². The quantitative estimate of drug-likeness (QED) is 0.603. The maximum atomic E-state index is 12.3. The number of rotatable bonds is 6. The first-order chi connectivity index (χ1) is 11.5. The van der Waals surface area contributed by atoms with E-state index in [1.54, 1.807) is 0 Å². The molecule has 0 amide bonds. The van der Waals surface area contributed by atoms with Crippen LogP contribution in [0.5, 0.6) is 0 Å². The van der Waals surface area contributed by atoms with Crippen molar-refractivity contribution in [3.8, 4) is 6.07 Å². The van der Waals surface area contributed by atoms with Crippen molar-refractivity contribution in [2.24, 2.45) is 0 Å². The zero-order valence-corrected chi connectivity index (χ0v) is 14.1. The standard InChI is InChI=1S/C19H20N2O3/c1-4-9-21-13(2)10-17(14(21)3)18(22)12-24-19(23)16-7-5-15(11-20)6-8-16/h5-8,10H,4,9,12H2,1-3H3. The summed E-state index contributed by atoms with van der Waals surface area (Å²) in [6.07, 6.45) is 0.984. The van der Waals surface area contributed by atoms with Crippen molar-refractivity contribution in [2.45, 2.75) is 33.7 Å². The van der Waals surface area contributed by atoms with E-state index in [-0.39, 0.29) is 12.4 Å². The van der Waals surface area contributed by atoms with Crippen LogP contribution in [0.15, 0.2) is 30.3 Å². The Hall–Kier alpha value is -2.87. The van der Waals surface area contributed by atoms with Gasteiger partial charge in [0.05, 0.1) is 17.2 Å². The summed E-state index contributed by atoms with van der Waals surface area (Å²) in [5, 5.41) is 8.75. The van der Waals surface area contributed by atoms with Crippen LogP contribution in [0, 0.1) is 25.2 Å². The molecule has 0 fully saturated rings. The van der Waals surface area contributed by atoms with Crippen molar-refractivity contribution in [1.82, 2.24) is 4.57 Å². The van der Waals surface area contributed by atoms with Gasteiger partial charge in [0.1, 0.15) is 0 Å². The van der Waals surface area contributed by atoms with Crippen LogP contribution in [0.2, 0.25) is 0 Å². The first kappa shape index (κ1) is 17.5. The van der Waals surface area contributed by atoms with Crippen LogP contribution in [-0.2, 0) is 11.3 Å². The van der Waals surface area contributed by atoms with E-state index in [1.807, 2.05) is 26.0 Å². The monoisotopic (exact) mass is 324 g/mol. The Balaban J connectivity index is 2.03. The van der Waals surface area contributed by atoms with Crippen molar-refractivity contribution in [2.75, 3.05) is 6.61 Å². The van der Waals surface area contributed by atoms with Gasteiger partial charge in [-0.3, -0.25) is 4.79 Å². The SMILES string of the molecule is CCCn1c(C)cc(C(=O)COC(=O)c2ccc(C#N)cc2)c1C. The van der Waals surface area contributed by atoms with Crippen molar-refractivity contribution >= 4 is 11.8 Å². The van der Waals surface area contributed by atoms with Crippen molar-refractivity contribution < 1.29 is 14.3 Å². The smallest absolute Gasteiger partial charge is 0.338 e. The summed E-state index contributed by atoms with van der Waals surface area (Å²) < 4.78 is 7.19. The Morgan fingerprint density at radius 2 is 1.88 bits per heavy atom. The second-order valence-corrected chi connectivity index (χ2v) is 5.62. The van der Waals surface area contributed by atoms with Crippen LogP contribution in [0.3, 0.4) is 0 Å². The number of benzene rings is 1. The first-order valence-electron chi connectivity index (χ1n) is 7.85. The number of hydrogen-bond donors (Lipinski definition) is 0. The van der Waals surface area contributed by atoms with Gasteiger partial charge in [-0.05, 0) is 50.6 Å². The fourth-order valence-corrected chi connectivity index (χ4v) is 2.62. The number of aryl methyl sites for hydroxylation is 1. The van der Waals surface area contributed by atoms with E-state index in [9.17, 15) is 9.59 Å². The molecule has 1 heterocycles. The number of carbonyl (C=O) groups is 2. The van der Waals surface area contributed by atoms with E-state index >= 15 is 0 Å². The highest BCUT2D eigenvalue weighted by Crippen LogP contribution is 2.16. The molecule has 0 saturated heterocycles. The maximum absolute atomic E-state index is 12.3. The summed E-state index contributed by atoms with van der Waals surface area (Å²) in [5.41, 5.74) is 3.29. The van der Waals surface area contributed by atoms with E-state index in [0.717, 1.165) is 24.4 Å². The third kappa shape index (κ3) is 3.72. The predicted molar refractivity (Wildman–Crippen MR) is 90.0 cm³/mol. The lowest BCUT2D eigenvalue weighted by atomic mass is 10.1. The van der Waals surface area contributed by atoms with Crippen molar-refractivity contribution in [3.63, 3.8) is 0 Å². The van der Waals surface area contributed by atoms with E-state index in [0.29, 0.717) is 16.7 Å². The third-order valence-electron chi connectivity index (χ3n) is 3.91. The van der Waals surface area contributed by atoms with Gasteiger partial charge in [-0.25, -0.2) is 4.79 Å². The molecule has 2 rings (SSSR count). The number of ether oxygens (including phenoxy) is 1. The lowest BCUT2D eigenvalue weighted by Gasteiger charge is -2.08. The van der Waals surface area contributed by atoms with E-state index < -0.39 is 5.97 Å². The number of aromatic nitrogens is 1. The van der Waals surface area contributed by atoms with Gasteiger partial charge in [-0.15, -0.1) is 0 Å². The molecule has 0 aliphatic heterocycles. The summed E-state index contributed by atoms with van der Waals surface area (Å²) in [6.45, 7) is 6.51. The van der Waals surface area contributed by atoms with Crippen molar-refractivity contribution in [1.29, 1.82) is 5.26 Å². The van der Waals surface area contributed by atoms with E-state index in [1.165, 1.54) is 24.3 Å². The highest BCUT2D eigenvalue weighted by Gasteiger charge is 2.17. The largest absolute Gasteiger partial charge is 0.454 e. The molecular weight excluding hydrogens is 304 g/mol. The van der Waals surface area contributed by atoms with Gasteiger partial charge >= 0.3 is 5.97 Å². The zero-order chi connectivity index (χ0) is 17.7. The lowest BCUT2D eigenvalue weighted by Crippen LogP contribution is -2.15. The van der Waals surface area contributed by atoms with Gasteiger partial charge in [0.25, 0.3) is 0 Å². The third-order valence-corrected chi connectivity index (χ3v) is 3.91. The van der Waals surface area contributed by atoms with Crippen LogP contribution in [0.25, 0.3) is 0 Å². The number of nitrogens with zero attached hydrogens (tertiary/aromatic N) is 2. The molecular formula is C19H20N2O3. The van der Waals surface area contributed by atoms with Gasteiger partial charge in [0.15, 0.2) is 6.61 Å². The van der Waals surface area contributed by atoms with E-state index in [2.05, 4.69) is 11.5 Å². The summed E-state index contributed by atoms with van der Waals surface area (Å²) in [7, 11) is 0. The van der Waals surface area contributed by atoms with Gasteiger partial charge in [-0.1, -0.05) is 6.92 Å². The maximum Gasteiger partial charge on any atom is 0.338 e. The summed E-state index contributed by atoms with van der Waals surface area (Å²) in [5.74, 6) is -0.789. The molecule has 5 heteroatoms. The zero-order valence-electron chi connectivity index (χ0n) is 14.1. The molecule has 0 aliphatic carbocycles. The van der Waals surface area contributed by atoms with Crippen molar-refractivity contribution in [3.05, 3.63) is 58.4 Å². The molecule has 1 aromatic heterocycles. The van der Waals surface area contributed by atoms with Crippen LogP contribution >= 0.6 is 0 Å². The number of ketones is 1. The summed E-state index contributed by atoms with van der Waals surface area (Å²) >= 11 is 0. The number of hydrogen-bond acceptors (Lipinski definition) is 4. The molecule has 124 valence electrons. The molecule has 0 radical (unpaired) electrons. The number of nitriles is 1. The molecule has 0 aliphatic rings. The summed E-state index contributed by atoms with van der Waals surface area (Å²) in [6, 6.07) is 9.92. The Kier molecular flexibility index (Phi) is 5.54. The molecule has 0 spiro atoms. The lowest BCUT2D eigenvalue weighted by molar-refractivity contribution is 0.0474. The average Bonchev–Trinajstić information content (AvgIpc) is 2.88. The number of Topliss-reactive ketones (excluding diaryl/α,β-unsaturated/α-hetero) is 1. The minimum absolute atomic E-state index is 0.215. The molecule has 0 atom stereocenters. The fraction of sp³-hybridized carbons (Fsp3) is 0.316. The topological polar surface area (TPSA) is 72.1 Å². The van der Waals surface area contributed by atoms with Crippen LogP contribution in [0.4, 0.5) is 0 Å². The fourth-order valence-electron chi connectivity index (χ4n) is 2.62. The number of carbonyl (C=O) groups excluding carboxylic acids is 2. The molecule has 0 N–H and O–H groups in total. The minimum atomic E-state index is -0.574. The molecule has 2 aromatic rings. The number of esters is 1.